The van der Waals surface area contributed by atoms with Crippen LogP contribution < -0.4 is 0 Å². The van der Waals surface area contributed by atoms with E-state index in [0.29, 0.717) is 18.1 Å². The fraction of sp³-hybridized carbons (Fsp3) is 0.615. The maximum atomic E-state index is 11.3. The van der Waals surface area contributed by atoms with E-state index in [1.165, 1.54) is 31.8 Å². The van der Waals surface area contributed by atoms with Crippen molar-refractivity contribution in [2.24, 2.45) is 17.8 Å². The van der Waals surface area contributed by atoms with Crippen LogP contribution in [0.4, 0.5) is 0 Å². The summed E-state index contributed by atoms with van der Waals surface area (Å²) in [7, 11) is 0. The molecule has 0 aliphatic heterocycles. The summed E-state index contributed by atoms with van der Waals surface area (Å²) in [5.74, 6) is 2.00. The van der Waals surface area contributed by atoms with Gasteiger partial charge < -0.3 is 4.74 Å². The Morgan fingerprint density at radius 2 is 2.20 bits per heavy atom. The highest BCUT2D eigenvalue weighted by atomic mass is 16.5. The van der Waals surface area contributed by atoms with Crippen LogP contribution in [0.1, 0.15) is 25.7 Å². The molecule has 0 aromatic heterocycles. The Hall–Kier alpha value is -1.05. The van der Waals surface area contributed by atoms with Gasteiger partial charge in [0.05, 0.1) is 12.2 Å². The van der Waals surface area contributed by atoms with Gasteiger partial charge in [-0.3, -0.25) is 0 Å². The molecule has 15 heavy (non-hydrogen) atoms. The van der Waals surface area contributed by atoms with Crippen LogP contribution in [0.5, 0.6) is 0 Å². The summed E-state index contributed by atoms with van der Waals surface area (Å²) in [5.41, 5.74) is 0.359. The SMILES string of the molecule is C=CC(=C)C(=O)OCC1CC2CCC1C2. The standard InChI is InChI=1S/C13H18O2/c1-3-9(2)13(14)15-8-12-7-10-4-5-11(12)6-10/h3,10-12H,1-2,4-8H2. The second-order valence-electron chi connectivity index (χ2n) is 4.76. The zero-order valence-electron chi connectivity index (χ0n) is 9.08. The monoisotopic (exact) mass is 206 g/mol. The molecule has 3 atom stereocenters. The molecule has 2 aliphatic rings. The molecule has 0 spiro atoms. The summed E-state index contributed by atoms with van der Waals surface area (Å²) < 4.78 is 5.22. The van der Waals surface area contributed by atoms with Gasteiger partial charge in [-0.1, -0.05) is 25.7 Å². The molecule has 2 nitrogen and oxygen atoms in total. The Balaban J connectivity index is 1.77. The predicted octanol–water partition coefficient (Wildman–Crippen LogP) is 2.71. The summed E-state index contributed by atoms with van der Waals surface area (Å²) in [6, 6.07) is 0. The molecule has 0 heterocycles. The Morgan fingerprint density at radius 3 is 2.73 bits per heavy atom. The third kappa shape index (κ3) is 2.14. The van der Waals surface area contributed by atoms with Crippen LogP contribution in [0.25, 0.3) is 0 Å². The average molecular weight is 206 g/mol. The minimum atomic E-state index is -0.312. The molecular formula is C13H18O2. The molecule has 0 N–H and O–H groups in total. The lowest BCUT2D eigenvalue weighted by Crippen LogP contribution is -2.19. The van der Waals surface area contributed by atoms with E-state index in [4.69, 9.17) is 4.74 Å². The zero-order chi connectivity index (χ0) is 10.8. The minimum Gasteiger partial charge on any atom is -0.462 e. The quantitative estimate of drug-likeness (QED) is 0.401. The van der Waals surface area contributed by atoms with Gasteiger partial charge in [0, 0.05) is 0 Å². The van der Waals surface area contributed by atoms with E-state index in [2.05, 4.69) is 13.2 Å². The van der Waals surface area contributed by atoms with E-state index in [-0.39, 0.29) is 5.97 Å². The molecular weight excluding hydrogens is 188 g/mol. The third-order valence-electron chi connectivity index (χ3n) is 3.82. The van der Waals surface area contributed by atoms with Crippen molar-refractivity contribution < 1.29 is 9.53 Å². The van der Waals surface area contributed by atoms with Gasteiger partial charge in [0.2, 0.25) is 0 Å². The van der Waals surface area contributed by atoms with Crippen LogP contribution in [0.3, 0.4) is 0 Å². The largest absolute Gasteiger partial charge is 0.462 e. The highest BCUT2D eigenvalue weighted by molar-refractivity contribution is 5.90. The first kappa shape index (κ1) is 10.5. The number of rotatable bonds is 4. The van der Waals surface area contributed by atoms with Crippen LogP contribution in [-0.4, -0.2) is 12.6 Å². The molecule has 0 saturated heterocycles. The number of ether oxygens (including phenoxy) is 1. The summed E-state index contributed by atoms with van der Waals surface area (Å²) in [4.78, 5) is 11.3. The normalized spacial score (nSPS) is 32.7. The van der Waals surface area contributed by atoms with E-state index in [9.17, 15) is 4.79 Å². The number of fused-ring (bicyclic) bond motifs is 2. The first-order valence-corrected chi connectivity index (χ1v) is 5.69. The summed E-state index contributed by atoms with van der Waals surface area (Å²) >= 11 is 0. The lowest BCUT2D eigenvalue weighted by molar-refractivity contribution is -0.140. The molecule has 0 aromatic rings. The van der Waals surface area contributed by atoms with Crippen LogP contribution in [-0.2, 0) is 9.53 Å². The topological polar surface area (TPSA) is 26.3 Å². The molecule has 2 saturated carbocycles. The Bertz CT molecular complexity index is 293. The molecule has 2 bridgehead atoms. The lowest BCUT2D eigenvalue weighted by atomic mass is 9.89. The van der Waals surface area contributed by atoms with Crippen LogP contribution in [0, 0.1) is 17.8 Å². The molecule has 2 rings (SSSR count). The predicted molar refractivity (Wildman–Crippen MR) is 59.2 cm³/mol. The highest BCUT2D eigenvalue weighted by Gasteiger charge is 2.39. The number of hydrogen-bond acceptors (Lipinski definition) is 2. The smallest absolute Gasteiger partial charge is 0.337 e. The van der Waals surface area contributed by atoms with Gasteiger partial charge in [-0.05, 0) is 37.0 Å². The van der Waals surface area contributed by atoms with Gasteiger partial charge in [-0.25, -0.2) is 4.79 Å². The molecule has 3 unspecified atom stereocenters. The van der Waals surface area contributed by atoms with Gasteiger partial charge in [0.15, 0.2) is 0 Å². The fourth-order valence-corrected chi connectivity index (χ4v) is 2.94. The fourth-order valence-electron chi connectivity index (χ4n) is 2.94. The second-order valence-corrected chi connectivity index (χ2v) is 4.76. The Labute approximate surface area is 91.0 Å². The van der Waals surface area contributed by atoms with E-state index in [1.807, 2.05) is 0 Å². The van der Waals surface area contributed by atoms with Gasteiger partial charge in [0.25, 0.3) is 0 Å². The van der Waals surface area contributed by atoms with Gasteiger partial charge >= 0.3 is 5.97 Å². The van der Waals surface area contributed by atoms with Crippen molar-refractivity contribution in [1.82, 2.24) is 0 Å². The molecule has 0 aromatic carbocycles. The van der Waals surface area contributed by atoms with Crippen molar-refractivity contribution in [2.45, 2.75) is 25.7 Å². The van der Waals surface area contributed by atoms with Crippen LogP contribution in [0.2, 0.25) is 0 Å². The number of carbonyl (C=O) groups is 1. The van der Waals surface area contributed by atoms with Gasteiger partial charge in [0.1, 0.15) is 0 Å². The zero-order valence-corrected chi connectivity index (χ0v) is 9.08. The maximum absolute atomic E-state index is 11.3. The van der Waals surface area contributed by atoms with Crippen molar-refractivity contribution in [3.63, 3.8) is 0 Å². The lowest BCUT2D eigenvalue weighted by Gasteiger charge is -2.21. The number of hydrogen-bond donors (Lipinski definition) is 0. The van der Waals surface area contributed by atoms with Gasteiger partial charge in [-0.15, -0.1) is 0 Å². The van der Waals surface area contributed by atoms with Crippen LogP contribution in [0.15, 0.2) is 24.8 Å². The molecule has 2 heteroatoms. The van der Waals surface area contributed by atoms with Crippen molar-refractivity contribution in [1.29, 1.82) is 0 Å². The van der Waals surface area contributed by atoms with Crippen molar-refractivity contribution in [3.8, 4) is 0 Å². The van der Waals surface area contributed by atoms with E-state index in [1.54, 1.807) is 0 Å². The Kier molecular flexibility index (Phi) is 2.94. The molecule has 0 amide bonds. The summed E-state index contributed by atoms with van der Waals surface area (Å²) in [6.45, 7) is 7.65. The highest BCUT2D eigenvalue weighted by Crippen LogP contribution is 2.48. The van der Waals surface area contributed by atoms with E-state index in [0.717, 1.165) is 11.8 Å². The summed E-state index contributed by atoms with van der Waals surface area (Å²) in [5, 5.41) is 0. The first-order valence-electron chi connectivity index (χ1n) is 5.69. The maximum Gasteiger partial charge on any atom is 0.337 e. The first-order chi connectivity index (χ1) is 7.20. The van der Waals surface area contributed by atoms with Crippen molar-refractivity contribution in [2.75, 3.05) is 6.61 Å². The molecule has 82 valence electrons. The minimum absolute atomic E-state index is 0.312. The third-order valence-corrected chi connectivity index (χ3v) is 3.82. The average Bonchev–Trinajstić information content (AvgIpc) is 2.86. The van der Waals surface area contributed by atoms with E-state index < -0.39 is 0 Å². The molecule has 2 fully saturated rings. The van der Waals surface area contributed by atoms with Crippen molar-refractivity contribution in [3.05, 3.63) is 24.8 Å². The number of esters is 1. The Morgan fingerprint density at radius 1 is 1.40 bits per heavy atom. The summed E-state index contributed by atoms with van der Waals surface area (Å²) in [6.07, 6.45) is 6.76. The van der Waals surface area contributed by atoms with Crippen LogP contribution >= 0.6 is 0 Å². The molecule has 2 aliphatic carbocycles. The molecule has 0 radical (unpaired) electrons. The van der Waals surface area contributed by atoms with Gasteiger partial charge in [-0.2, -0.15) is 0 Å². The number of carbonyl (C=O) groups excluding carboxylic acids is 1. The van der Waals surface area contributed by atoms with Crippen molar-refractivity contribution >= 4 is 5.97 Å². The second kappa shape index (κ2) is 4.21. The van der Waals surface area contributed by atoms with E-state index >= 15 is 0 Å².